The molecule has 0 aliphatic carbocycles. The molecule has 0 saturated heterocycles. The Labute approximate surface area is 194 Å². The first-order chi connectivity index (χ1) is 14.9. The summed E-state index contributed by atoms with van der Waals surface area (Å²) in [6, 6.07) is 12.4. The van der Waals surface area contributed by atoms with Gasteiger partial charge in [0.25, 0.3) is 0 Å². The molecule has 1 heterocycles. The highest BCUT2D eigenvalue weighted by atomic mass is 35.5. The van der Waals surface area contributed by atoms with E-state index in [9.17, 15) is 9.59 Å². The lowest BCUT2D eigenvalue weighted by atomic mass is 10.0. The Balaban J connectivity index is 1.89. The zero-order valence-electron chi connectivity index (χ0n) is 16.8. The number of hydrogen-bond donors (Lipinski definition) is 1. The third-order valence-corrected chi connectivity index (χ3v) is 5.86. The van der Waals surface area contributed by atoms with Crippen LogP contribution in [0.5, 0.6) is 5.75 Å². The van der Waals surface area contributed by atoms with Crippen LogP contribution in [-0.2, 0) is 9.53 Å². The zero-order valence-corrected chi connectivity index (χ0v) is 19.1. The van der Waals surface area contributed by atoms with Crippen molar-refractivity contribution in [2.24, 2.45) is 0 Å². The van der Waals surface area contributed by atoms with E-state index in [2.05, 4.69) is 5.32 Å². The number of nitrogens with one attached hydrogen (secondary N) is 1. The van der Waals surface area contributed by atoms with E-state index < -0.39 is 11.9 Å². The predicted molar refractivity (Wildman–Crippen MR) is 126 cm³/mol. The SMILES string of the molecule is CCOC(=O)c1c(-c2ccc(OC)cc2)csc1NC(=O)C=Cc1c(Cl)cccc1Cl. The minimum absolute atomic E-state index is 0.217. The summed E-state index contributed by atoms with van der Waals surface area (Å²) < 4.78 is 10.4. The average molecular weight is 476 g/mol. The highest BCUT2D eigenvalue weighted by Gasteiger charge is 2.22. The van der Waals surface area contributed by atoms with Crippen LogP contribution in [0.15, 0.2) is 53.9 Å². The van der Waals surface area contributed by atoms with E-state index >= 15 is 0 Å². The number of rotatable bonds is 7. The highest BCUT2D eigenvalue weighted by molar-refractivity contribution is 7.15. The fourth-order valence-corrected chi connectivity index (χ4v) is 4.31. The van der Waals surface area contributed by atoms with Crippen LogP contribution >= 0.6 is 34.5 Å². The van der Waals surface area contributed by atoms with E-state index in [4.69, 9.17) is 32.7 Å². The van der Waals surface area contributed by atoms with Crippen molar-refractivity contribution in [3.8, 4) is 16.9 Å². The van der Waals surface area contributed by atoms with Crippen molar-refractivity contribution in [2.45, 2.75) is 6.92 Å². The van der Waals surface area contributed by atoms with Crippen molar-refractivity contribution in [1.29, 1.82) is 0 Å². The monoisotopic (exact) mass is 475 g/mol. The molecule has 1 amide bonds. The number of amides is 1. The van der Waals surface area contributed by atoms with Crippen LogP contribution in [0.2, 0.25) is 10.0 Å². The molecule has 0 saturated carbocycles. The number of ether oxygens (including phenoxy) is 2. The van der Waals surface area contributed by atoms with E-state index in [1.165, 1.54) is 23.5 Å². The number of hydrogen-bond acceptors (Lipinski definition) is 5. The van der Waals surface area contributed by atoms with Gasteiger partial charge in [0.1, 0.15) is 16.3 Å². The minimum Gasteiger partial charge on any atom is -0.497 e. The summed E-state index contributed by atoms with van der Waals surface area (Å²) in [4.78, 5) is 25.2. The number of thiophene rings is 1. The molecular formula is C23H19Cl2NO4S. The Morgan fingerprint density at radius 3 is 2.39 bits per heavy atom. The van der Waals surface area contributed by atoms with Crippen molar-refractivity contribution >= 4 is 57.5 Å². The second-order valence-corrected chi connectivity index (χ2v) is 7.95. The van der Waals surface area contributed by atoms with Gasteiger partial charge in [-0.2, -0.15) is 0 Å². The molecule has 0 aliphatic heterocycles. The first kappa shape index (κ1) is 22.9. The molecule has 0 bridgehead atoms. The minimum atomic E-state index is -0.511. The first-order valence-electron chi connectivity index (χ1n) is 9.30. The number of halogens is 2. The number of methoxy groups -OCH3 is 1. The molecule has 1 N–H and O–H groups in total. The molecule has 5 nitrogen and oxygen atoms in total. The standard InChI is InChI=1S/C23H19Cl2NO4S/c1-3-30-23(28)21-17(14-7-9-15(29-2)10-8-14)13-31-22(21)26-20(27)12-11-16-18(24)5-4-6-19(16)25/h4-13H,3H2,1-2H3,(H,26,27). The normalized spacial score (nSPS) is 10.8. The van der Waals surface area contributed by atoms with Crippen LogP contribution in [0.4, 0.5) is 5.00 Å². The van der Waals surface area contributed by atoms with Gasteiger partial charge in [-0.3, -0.25) is 4.79 Å². The Bertz CT molecular complexity index is 1100. The van der Waals surface area contributed by atoms with Gasteiger partial charge in [0.2, 0.25) is 5.91 Å². The maximum atomic E-state index is 12.6. The van der Waals surface area contributed by atoms with Crippen molar-refractivity contribution in [3.05, 3.63) is 75.1 Å². The van der Waals surface area contributed by atoms with Crippen molar-refractivity contribution in [3.63, 3.8) is 0 Å². The van der Waals surface area contributed by atoms with Crippen LogP contribution in [0.1, 0.15) is 22.8 Å². The number of benzene rings is 2. The quantitative estimate of drug-likeness (QED) is 0.310. The van der Waals surface area contributed by atoms with Crippen molar-refractivity contribution in [2.75, 3.05) is 19.0 Å². The van der Waals surface area contributed by atoms with Gasteiger partial charge in [-0.25, -0.2) is 4.79 Å². The molecular weight excluding hydrogens is 457 g/mol. The number of esters is 1. The zero-order chi connectivity index (χ0) is 22.4. The lowest BCUT2D eigenvalue weighted by molar-refractivity contribution is -0.111. The maximum absolute atomic E-state index is 12.6. The summed E-state index contributed by atoms with van der Waals surface area (Å²) in [5.41, 5.74) is 2.31. The number of carbonyl (C=O) groups excluding carboxylic acids is 2. The number of carbonyl (C=O) groups is 2. The Morgan fingerprint density at radius 1 is 1.10 bits per heavy atom. The van der Waals surface area contributed by atoms with E-state index in [0.29, 0.717) is 37.5 Å². The van der Waals surface area contributed by atoms with Crippen molar-refractivity contribution in [1.82, 2.24) is 0 Å². The van der Waals surface area contributed by atoms with E-state index in [1.54, 1.807) is 49.7 Å². The summed E-state index contributed by atoms with van der Waals surface area (Å²) in [5.74, 6) is -0.235. The molecule has 0 atom stereocenters. The molecule has 160 valence electrons. The molecule has 0 fully saturated rings. The second kappa shape index (κ2) is 10.5. The van der Waals surface area contributed by atoms with Gasteiger partial charge in [0, 0.05) is 32.6 Å². The van der Waals surface area contributed by atoms with E-state index in [1.807, 2.05) is 12.1 Å². The van der Waals surface area contributed by atoms with Gasteiger partial charge >= 0.3 is 5.97 Å². The van der Waals surface area contributed by atoms with Crippen LogP contribution in [-0.4, -0.2) is 25.6 Å². The van der Waals surface area contributed by atoms with Crippen LogP contribution in [0, 0.1) is 0 Å². The van der Waals surface area contributed by atoms with Crippen LogP contribution in [0.3, 0.4) is 0 Å². The third-order valence-electron chi connectivity index (χ3n) is 4.31. The fourth-order valence-electron chi connectivity index (χ4n) is 2.82. The summed E-state index contributed by atoms with van der Waals surface area (Å²) in [5, 5.41) is 5.81. The molecule has 3 aromatic rings. The topological polar surface area (TPSA) is 64.6 Å². The molecule has 0 spiro atoms. The highest BCUT2D eigenvalue weighted by Crippen LogP contribution is 2.37. The molecule has 0 radical (unpaired) electrons. The molecule has 8 heteroatoms. The van der Waals surface area contributed by atoms with Crippen molar-refractivity contribution < 1.29 is 19.1 Å². The lowest BCUT2D eigenvalue weighted by Gasteiger charge is -2.08. The van der Waals surface area contributed by atoms with E-state index in [-0.39, 0.29) is 6.61 Å². The van der Waals surface area contributed by atoms with Gasteiger partial charge in [-0.15, -0.1) is 11.3 Å². The summed E-state index contributed by atoms with van der Waals surface area (Å²) in [6.45, 7) is 1.95. The Hall–Kier alpha value is -2.80. The molecule has 0 aliphatic rings. The van der Waals surface area contributed by atoms with E-state index in [0.717, 1.165) is 5.56 Å². The van der Waals surface area contributed by atoms with Gasteiger partial charge < -0.3 is 14.8 Å². The fraction of sp³-hybridized carbons (Fsp3) is 0.130. The Kier molecular flexibility index (Phi) is 7.74. The van der Waals surface area contributed by atoms with Crippen LogP contribution < -0.4 is 10.1 Å². The smallest absolute Gasteiger partial charge is 0.341 e. The average Bonchev–Trinajstić information content (AvgIpc) is 3.17. The summed E-state index contributed by atoms with van der Waals surface area (Å²) in [7, 11) is 1.58. The maximum Gasteiger partial charge on any atom is 0.341 e. The molecule has 31 heavy (non-hydrogen) atoms. The number of anilines is 1. The molecule has 3 rings (SSSR count). The lowest BCUT2D eigenvalue weighted by Crippen LogP contribution is -2.12. The van der Waals surface area contributed by atoms with Gasteiger partial charge in [0.05, 0.1) is 13.7 Å². The second-order valence-electron chi connectivity index (χ2n) is 6.26. The Morgan fingerprint density at radius 2 is 1.77 bits per heavy atom. The summed E-state index contributed by atoms with van der Waals surface area (Å²) in [6.07, 6.45) is 2.84. The van der Waals surface area contributed by atoms with Gasteiger partial charge in [-0.1, -0.05) is 41.4 Å². The van der Waals surface area contributed by atoms with Crippen LogP contribution in [0.25, 0.3) is 17.2 Å². The molecule has 2 aromatic carbocycles. The largest absolute Gasteiger partial charge is 0.497 e. The third kappa shape index (κ3) is 5.47. The molecule has 1 aromatic heterocycles. The summed E-state index contributed by atoms with van der Waals surface area (Å²) >= 11 is 13.5. The first-order valence-corrected chi connectivity index (χ1v) is 10.9. The van der Waals surface area contributed by atoms with Gasteiger partial charge in [0.15, 0.2) is 0 Å². The van der Waals surface area contributed by atoms with Gasteiger partial charge in [-0.05, 0) is 42.8 Å². The predicted octanol–water partition coefficient (Wildman–Crippen LogP) is 6.56. The molecule has 0 unspecified atom stereocenters.